The predicted molar refractivity (Wildman–Crippen MR) is 64.0 cm³/mol. The Morgan fingerprint density at radius 2 is 2.06 bits per heavy atom. The van der Waals surface area contributed by atoms with E-state index in [2.05, 4.69) is 0 Å². The van der Waals surface area contributed by atoms with Crippen molar-refractivity contribution < 1.29 is 13.6 Å². The fraction of sp³-hybridized carbons (Fsp3) is 0.0714. The van der Waals surface area contributed by atoms with E-state index in [0.717, 1.165) is 5.39 Å². The molecular weight excluding hydrogens is 230 g/mol. The summed E-state index contributed by atoms with van der Waals surface area (Å²) in [6, 6.07) is 13.0. The van der Waals surface area contributed by atoms with Crippen LogP contribution in [0.3, 0.4) is 0 Å². The molecule has 2 aromatic heterocycles. The standard InChI is InChI=1S/C14H9NO3/c15-8-13-14(17-9-10-4-3-7-16-10)11-5-1-2-6-12(11)18-13/h1-7H,9H2. The summed E-state index contributed by atoms with van der Waals surface area (Å²) in [5.41, 5.74) is 0.642. The van der Waals surface area contributed by atoms with Gasteiger partial charge in [-0.15, -0.1) is 0 Å². The van der Waals surface area contributed by atoms with Gasteiger partial charge in [0.25, 0.3) is 0 Å². The monoisotopic (exact) mass is 239 g/mol. The third-order valence-electron chi connectivity index (χ3n) is 2.59. The van der Waals surface area contributed by atoms with Crippen LogP contribution in [0.4, 0.5) is 0 Å². The SMILES string of the molecule is N#Cc1oc2ccccc2c1OCc1ccco1. The molecule has 0 radical (unpaired) electrons. The minimum atomic E-state index is 0.183. The number of nitriles is 1. The average molecular weight is 239 g/mol. The van der Waals surface area contributed by atoms with E-state index in [1.165, 1.54) is 0 Å². The van der Waals surface area contributed by atoms with Crippen molar-refractivity contribution in [2.45, 2.75) is 6.61 Å². The molecule has 18 heavy (non-hydrogen) atoms. The quantitative estimate of drug-likeness (QED) is 0.702. The third kappa shape index (κ3) is 1.72. The first-order valence-corrected chi connectivity index (χ1v) is 5.45. The van der Waals surface area contributed by atoms with E-state index < -0.39 is 0 Å². The lowest BCUT2D eigenvalue weighted by Crippen LogP contribution is -1.94. The van der Waals surface area contributed by atoms with Crippen LogP contribution in [-0.2, 0) is 6.61 Å². The van der Waals surface area contributed by atoms with Crippen molar-refractivity contribution in [2.75, 3.05) is 0 Å². The molecule has 0 aliphatic rings. The van der Waals surface area contributed by atoms with Crippen LogP contribution in [0.15, 0.2) is 51.5 Å². The molecule has 0 N–H and O–H groups in total. The number of para-hydroxylation sites is 1. The van der Waals surface area contributed by atoms with Gasteiger partial charge in [0.15, 0.2) is 5.75 Å². The second kappa shape index (κ2) is 4.30. The van der Waals surface area contributed by atoms with Crippen molar-refractivity contribution in [3.8, 4) is 11.8 Å². The molecule has 0 aliphatic carbocycles. The van der Waals surface area contributed by atoms with Gasteiger partial charge in [0.2, 0.25) is 5.76 Å². The molecule has 0 aliphatic heterocycles. The summed E-state index contributed by atoms with van der Waals surface area (Å²) in [6.45, 7) is 0.269. The van der Waals surface area contributed by atoms with Crippen LogP contribution in [0.1, 0.15) is 11.5 Å². The molecule has 0 saturated carbocycles. The van der Waals surface area contributed by atoms with Crippen molar-refractivity contribution in [3.05, 3.63) is 54.2 Å². The highest BCUT2D eigenvalue weighted by Crippen LogP contribution is 2.32. The zero-order valence-corrected chi connectivity index (χ0v) is 9.42. The van der Waals surface area contributed by atoms with E-state index in [1.807, 2.05) is 30.3 Å². The molecule has 0 atom stereocenters. The maximum absolute atomic E-state index is 9.03. The Kier molecular flexibility index (Phi) is 2.50. The molecule has 0 amide bonds. The summed E-state index contributed by atoms with van der Waals surface area (Å²) in [5, 5.41) is 9.82. The van der Waals surface area contributed by atoms with Gasteiger partial charge in [-0.05, 0) is 24.3 Å². The predicted octanol–water partition coefficient (Wildman–Crippen LogP) is 3.48. The minimum absolute atomic E-state index is 0.183. The molecule has 4 nitrogen and oxygen atoms in total. The van der Waals surface area contributed by atoms with Gasteiger partial charge in [0.1, 0.15) is 24.0 Å². The largest absolute Gasteiger partial charge is 0.480 e. The third-order valence-corrected chi connectivity index (χ3v) is 2.59. The van der Waals surface area contributed by atoms with Crippen molar-refractivity contribution in [2.24, 2.45) is 0 Å². The Morgan fingerprint density at radius 3 is 2.83 bits per heavy atom. The van der Waals surface area contributed by atoms with Crippen LogP contribution in [0.5, 0.6) is 5.75 Å². The first-order chi connectivity index (χ1) is 8.88. The lowest BCUT2D eigenvalue weighted by molar-refractivity contribution is 0.269. The number of ether oxygens (including phenoxy) is 1. The van der Waals surface area contributed by atoms with Gasteiger partial charge >= 0.3 is 0 Å². The topological polar surface area (TPSA) is 59.3 Å². The minimum Gasteiger partial charge on any atom is -0.480 e. The first kappa shape index (κ1) is 10.5. The number of nitrogens with zero attached hydrogens (tertiary/aromatic N) is 1. The maximum Gasteiger partial charge on any atom is 0.246 e. The summed E-state index contributed by atoms with van der Waals surface area (Å²) < 4.78 is 16.2. The molecule has 0 unspecified atom stereocenters. The van der Waals surface area contributed by atoms with Crippen LogP contribution in [0.25, 0.3) is 11.0 Å². The second-order valence-corrected chi connectivity index (χ2v) is 3.74. The van der Waals surface area contributed by atoms with Gasteiger partial charge in [0, 0.05) is 0 Å². The molecule has 1 aromatic carbocycles. The van der Waals surface area contributed by atoms with Gasteiger partial charge in [-0.25, -0.2) is 0 Å². The van der Waals surface area contributed by atoms with E-state index in [1.54, 1.807) is 18.4 Å². The highest BCUT2D eigenvalue weighted by molar-refractivity contribution is 5.86. The van der Waals surface area contributed by atoms with E-state index in [0.29, 0.717) is 17.1 Å². The molecule has 0 spiro atoms. The van der Waals surface area contributed by atoms with Crippen LogP contribution >= 0.6 is 0 Å². The van der Waals surface area contributed by atoms with Crippen molar-refractivity contribution in [1.29, 1.82) is 5.26 Å². The van der Waals surface area contributed by atoms with Crippen molar-refractivity contribution in [3.63, 3.8) is 0 Å². The summed E-state index contributed by atoms with van der Waals surface area (Å²) in [4.78, 5) is 0. The highest BCUT2D eigenvalue weighted by atomic mass is 16.5. The maximum atomic E-state index is 9.03. The Labute approximate surface area is 103 Å². The normalized spacial score (nSPS) is 10.4. The van der Waals surface area contributed by atoms with Crippen LogP contribution in [-0.4, -0.2) is 0 Å². The molecule has 4 heteroatoms. The number of rotatable bonds is 3. The summed E-state index contributed by atoms with van der Waals surface area (Å²) in [6.07, 6.45) is 1.58. The average Bonchev–Trinajstić information content (AvgIpc) is 3.03. The molecule has 0 fully saturated rings. The number of benzene rings is 1. The molecule has 0 saturated heterocycles. The molecule has 3 rings (SSSR count). The number of fused-ring (bicyclic) bond motifs is 1. The smallest absolute Gasteiger partial charge is 0.246 e. The Balaban J connectivity index is 1.97. The molecular formula is C14H9NO3. The molecule has 88 valence electrons. The summed E-state index contributed by atoms with van der Waals surface area (Å²) in [5.74, 6) is 1.34. The van der Waals surface area contributed by atoms with Crippen LogP contribution in [0, 0.1) is 11.3 Å². The van der Waals surface area contributed by atoms with Gasteiger partial charge in [0.05, 0.1) is 11.6 Å². The van der Waals surface area contributed by atoms with E-state index in [4.69, 9.17) is 18.8 Å². The zero-order chi connectivity index (χ0) is 12.4. The number of hydrogen-bond donors (Lipinski definition) is 0. The fourth-order valence-corrected chi connectivity index (χ4v) is 1.78. The van der Waals surface area contributed by atoms with Crippen molar-refractivity contribution in [1.82, 2.24) is 0 Å². The van der Waals surface area contributed by atoms with E-state index in [9.17, 15) is 0 Å². The van der Waals surface area contributed by atoms with Crippen molar-refractivity contribution >= 4 is 11.0 Å². The lowest BCUT2D eigenvalue weighted by atomic mass is 10.2. The summed E-state index contributed by atoms with van der Waals surface area (Å²) in [7, 11) is 0. The van der Waals surface area contributed by atoms with Crippen LogP contribution in [0.2, 0.25) is 0 Å². The number of furan rings is 2. The van der Waals surface area contributed by atoms with Crippen LogP contribution < -0.4 is 4.74 Å². The number of hydrogen-bond acceptors (Lipinski definition) is 4. The van der Waals surface area contributed by atoms with Gasteiger partial charge < -0.3 is 13.6 Å². The van der Waals surface area contributed by atoms with E-state index in [-0.39, 0.29) is 12.4 Å². The van der Waals surface area contributed by atoms with Gasteiger partial charge in [-0.1, -0.05) is 12.1 Å². The first-order valence-electron chi connectivity index (χ1n) is 5.45. The molecule has 0 bridgehead atoms. The Bertz CT molecular complexity index is 704. The second-order valence-electron chi connectivity index (χ2n) is 3.74. The highest BCUT2D eigenvalue weighted by Gasteiger charge is 2.15. The molecule has 2 heterocycles. The van der Waals surface area contributed by atoms with E-state index >= 15 is 0 Å². The Morgan fingerprint density at radius 1 is 1.17 bits per heavy atom. The van der Waals surface area contributed by atoms with Gasteiger partial charge in [-0.2, -0.15) is 5.26 Å². The fourth-order valence-electron chi connectivity index (χ4n) is 1.78. The molecule has 3 aromatic rings. The van der Waals surface area contributed by atoms with Gasteiger partial charge in [-0.3, -0.25) is 0 Å². The summed E-state index contributed by atoms with van der Waals surface area (Å²) >= 11 is 0. The Hall–Kier alpha value is -2.67. The lowest BCUT2D eigenvalue weighted by Gasteiger charge is -2.01. The zero-order valence-electron chi connectivity index (χ0n) is 9.42.